The third-order valence-corrected chi connectivity index (χ3v) is 8.61. The van der Waals surface area contributed by atoms with Crippen molar-refractivity contribution in [1.82, 2.24) is 19.9 Å². The summed E-state index contributed by atoms with van der Waals surface area (Å²) in [6, 6.07) is 37.6. The number of pyridine rings is 4. The molecule has 0 unspecified atom stereocenters. The van der Waals surface area contributed by atoms with Crippen LogP contribution in [0.4, 0.5) is 34.6 Å². The molecule has 0 fully saturated rings. The van der Waals surface area contributed by atoms with Gasteiger partial charge in [-0.3, -0.25) is 9.80 Å². The van der Waals surface area contributed by atoms with E-state index in [4.69, 9.17) is 19.9 Å². The highest BCUT2D eigenvalue weighted by Gasteiger charge is 2.29. The molecule has 0 bridgehead atoms. The topological polar surface area (TPSA) is 58.0 Å². The van der Waals surface area contributed by atoms with E-state index in [1.54, 1.807) is 0 Å². The van der Waals surface area contributed by atoms with Gasteiger partial charge >= 0.3 is 0 Å². The van der Waals surface area contributed by atoms with Gasteiger partial charge in [0.05, 0.1) is 0 Å². The van der Waals surface area contributed by atoms with E-state index in [0.717, 1.165) is 34.6 Å². The van der Waals surface area contributed by atoms with E-state index < -0.39 is 0 Å². The van der Waals surface area contributed by atoms with Crippen molar-refractivity contribution in [3.63, 3.8) is 0 Å². The zero-order valence-corrected chi connectivity index (χ0v) is 28.4. The summed E-state index contributed by atoms with van der Waals surface area (Å²) >= 11 is 0. The van der Waals surface area contributed by atoms with Gasteiger partial charge in [0, 0.05) is 36.2 Å². The third-order valence-electron chi connectivity index (χ3n) is 8.61. The highest BCUT2D eigenvalue weighted by atomic mass is 15.2. The van der Waals surface area contributed by atoms with Crippen molar-refractivity contribution >= 4 is 56.2 Å². The molecule has 0 atom stereocenters. The van der Waals surface area contributed by atoms with Crippen LogP contribution < -0.4 is 9.80 Å². The van der Waals surface area contributed by atoms with E-state index in [-0.39, 0.29) is 10.8 Å². The molecule has 0 radical (unpaired) electrons. The van der Waals surface area contributed by atoms with Gasteiger partial charge in [-0.15, -0.1) is 0 Å². The first-order valence-corrected chi connectivity index (χ1v) is 16.4. The van der Waals surface area contributed by atoms with Gasteiger partial charge in [-0.1, -0.05) is 77.9 Å². The number of aromatic nitrogens is 4. The second-order valence-electron chi connectivity index (χ2n) is 14.1. The van der Waals surface area contributed by atoms with Crippen LogP contribution in [0.15, 0.2) is 134 Å². The molecular weight excluding hydrogens is 589 g/mol. The lowest BCUT2D eigenvalue weighted by Crippen LogP contribution is -2.19. The molecule has 238 valence electrons. The molecule has 0 aliphatic carbocycles. The van der Waals surface area contributed by atoms with Crippen LogP contribution in [-0.2, 0) is 10.8 Å². The van der Waals surface area contributed by atoms with Crippen LogP contribution in [-0.4, -0.2) is 19.9 Å². The van der Waals surface area contributed by atoms with Crippen LogP contribution in [0.1, 0.15) is 52.7 Å². The Morgan fingerprint density at radius 1 is 0.375 bits per heavy atom. The Morgan fingerprint density at radius 3 is 0.938 bits per heavy atom. The van der Waals surface area contributed by atoms with Gasteiger partial charge in [0.25, 0.3) is 0 Å². The van der Waals surface area contributed by atoms with Gasteiger partial charge in [0.1, 0.15) is 23.3 Å². The zero-order valence-electron chi connectivity index (χ0n) is 28.4. The van der Waals surface area contributed by atoms with Gasteiger partial charge in [-0.2, -0.15) is 0 Å². The maximum absolute atomic E-state index is 4.74. The fourth-order valence-corrected chi connectivity index (χ4v) is 6.81. The largest absolute Gasteiger partial charge is 0.279 e. The number of anilines is 6. The first-order chi connectivity index (χ1) is 23.1. The predicted molar refractivity (Wildman–Crippen MR) is 199 cm³/mol. The summed E-state index contributed by atoms with van der Waals surface area (Å²) in [7, 11) is 0. The number of hydrogen-bond acceptors (Lipinski definition) is 6. The normalized spacial score (nSPS) is 12.0. The van der Waals surface area contributed by atoms with E-state index in [9.17, 15) is 0 Å². The van der Waals surface area contributed by atoms with Crippen LogP contribution in [0.25, 0.3) is 21.5 Å². The molecule has 0 N–H and O–H groups in total. The first kappa shape index (κ1) is 31.0. The minimum atomic E-state index is -0.157. The molecule has 0 saturated carbocycles. The van der Waals surface area contributed by atoms with Crippen LogP contribution in [0.2, 0.25) is 0 Å². The van der Waals surface area contributed by atoms with Crippen molar-refractivity contribution in [3.8, 4) is 0 Å². The van der Waals surface area contributed by atoms with Crippen molar-refractivity contribution in [1.29, 1.82) is 0 Å². The van der Waals surface area contributed by atoms with Crippen molar-refractivity contribution in [2.24, 2.45) is 0 Å². The van der Waals surface area contributed by atoms with E-state index in [2.05, 4.69) is 87.7 Å². The Morgan fingerprint density at radius 2 is 0.688 bits per heavy atom. The highest BCUT2D eigenvalue weighted by Crippen LogP contribution is 2.47. The van der Waals surface area contributed by atoms with Gasteiger partial charge < -0.3 is 0 Å². The third kappa shape index (κ3) is 5.75. The van der Waals surface area contributed by atoms with Crippen LogP contribution in [0, 0.1) is 0 Å². The molecule has 4 heterocycles. The number of rotatable bonds is 6. The van der Waals surface area contributed by atoms with E-state index >= 15 is 0 Å². The fraction of sp³-hybridized carbons (Fsp3) is 0.190. The second-order valence-corrected chi connectivity index (χ2v) is 14.1. The van der Waals surface area contributed by atoms with E-state index in [1.165, 1.54) is 32.7 Å². The molecule has 6 heteroatoms. The van der Waals surface area contributed by atoms with Crippen LogP contribution >= 0.6 is 0 Å². The molecule has 0 aliphatic rings. The minimum Gasteiger partial charge on any atom is -0.279 e. The maximum atomic E-state index is 4.74. The Hall–Kier alpha value is -5.62. The molecule has 7 aromatic rings. The summed E-state index contributed by atoms with van der Waals surface area (Å²) in [6.07, 6.45) is 7.31. The molecule has 0 spiro atoms. The van der Waals surface area contributed by atoms with Crippen LogP contribution in [0.5, 0.6) is 0 Å². The summed E-state index contributed by atoms with van der Waals surface area (Å²) < 4.78 is 0. The quantitative estimate of drug-likeness (QED) is 0.171. The number of nitrogens with zero attached hydrogens (tertiary/aromatic N) is 6. The van der Waals surface area contributed by atoms with Gasteiger partial charge in [0.15, 0.2) is 0 Å². The maximum Gasteiger partial charge on any atom is 0.138 e. The number of hydrogen-bond donors (Lipinski definition) is 0. The smallest absolute Gasteiger partial charge is 0.138 e. The van der Waals surface area contributed by atoms with Crippen LogP contribution in [0.3, 0.4) is 0 Å². The molecule has 3 aromatic carbocycles. The lowest BCUT2D eigenvalue weighted by molar-refractivity contribution is 0.593. The Balaban J connectivity index is 1.54. The molecule has 0 amide bonds. The summed E-state index contributed by atoms with van der Waals surface area (Å²) in [6.45, 7) is 13.8. The van der Waals surface area contributed by atoms with E-state index in [0.29, 0.717) is 0 Å². The first-order valence-electron chi connectivity index (χ1n) is 16.4. The van der Waals surface area contributed by atoms with Crippen molar-refractivity contribution < 1.29 is 0 Å². The lowest BCUT2D eigenvalue weighted by Gasteiger charge is -2.32. The molecule has 6 nitrogen and oxygen atoms in total. The average molecular weight is 629 g/mol. The predicted octanol–water partition coefficient (Wildman–Crippen LogP) is 11.1. The fourth-order valence-electron chi connectivity index (χ4n) is 6.81. The molecule has 7 rings (SSSR count). The average Bonchev–Trinajstić information content (AvgIpc) is 3.08. The summed E-state index contributed by atoms with van der Waals surface area (Å²) in [4.78, 5) is 23.2. The molecule has 48 heavy (non-hydrogen) atoms. The summed E-state index contributed by atoms with van der Waals surface area (Å²) in [5.41, 5.74) is 4.32. The Labute approximate surface area is 282 Å². The van der Waals surface area contributed by atoms with Crippen molar-refractivity contribution in [2.75, 3.05) is 9.80 Å². The van der Waals surface area contributed by atoms with Gasteiger partial charge in [-0.25, -0.2) is 19.9 Å². The lowest BCUT2D eigenvalue weighted by atomic mass is 9.74. The second kappa shape index (κ2) is 12.2. The SMILES string of the molecule is CC(C)(C)c1c2ccc(N(c3ccccn3)c3ccccn3)cc2c(C(C)(C)C)c2ccc(N(c3ccccn3)c3ccccn3)cc12. The standard InChI is InChI=1S/C42H40N6/c1-41(2,3)39-31-21-19-30(48(37-17-9-13-25-45-37)38-18-10-14-26-46-38)28-34(31)40(42(4,5)6)32-22-20-29(27-33(32)39)47(35-15-7-11-23-43-35)36-16-8-12-24-44-36/h7-28H,1-6H3. The molecule has 4 aromatic heterocycles. The molecule has 0 aliphatic heterocycles. The highest BCUT2D eigenvalue weighted by molar-refractivity contribution is 6.09. The van der Waals surface area contributed by atoms with Crippen molar-refractivity contribution in [2.45, 2.75) is 52.4 Å². The van der Waals surface area contributed by atoms with Gasteiger partial charge in [-0.05, 0) is 116 Å². The zero-order chi connectivity index (χ0) is 33.5. The Bertz CT molecular complexity index is 1950. The number of benzene rings is 3. The van der Waals surface area contributed by atoms with Gasteiger partial charge in [0.2, 0.25) is 0 Å². The molecular formula is C42H40N6. The Kier molecular flexibility index (Phi) is 7.88. The summed E-state index contributed by atoms with van der Waals surface area (Å²) in [5, 5.41) is 4.94. The van der Waals surface area contributed by atoms with Crippen molar-refractivity contribution in [3.05, 3.63) is 145 Å². The van der Waals surface area contributed by atoms with E-state index in [1.807, 2.05) is 97.6 Å². The summed E-state index contributed by atoms with van der Waals surface area (Å²) in [5.74, 6) is 3.27. The minimum absolute atomic E-state index is 0.157. The molecule has 0 saturated heterocycles. The number of fused-ring (bicyclic) bond motifs is 2. The monoisotopic (exact) mass is 628 g/mol.